The third-order valence-corrected chi connectivity index (χ3v) is 2.46. The summed E-state index contributed by atoms with van der Waals surface area (Å²) in [5, 5.41) is 0. The van der Waals surface area contributed by atoms with Crippen LogP contribution in [0.15, 0.2) is 18.7 Å². The fraction of sp³-hybridized carbons (Fsp3) is 0.667. The highest BCUT2D eigenvalue weighted by Crippen LogP contribution is 2.18. The average molecular weight is 170 g/mol. The minimum atomic E-state index is 0. The van der Waals surface area contributed by atoms with Gasteiger partial charge in [-0.25, -0.2) is 4.98 Å². The van der Waals surface area contributed by atoms with E-state index in [1.54, 1.807) is 0 Å². The summed E-state index contributed by atoms with van der Waals surface area (Å²) in [5.74, 6) is 0.726. The lowest BCUT2D eigenvalue weighted by molar-refractivity contribution is 0.370. The quantitative estimate of drug-likeness (QED) is 0.680. The van der Waals surface area contributed by atoms with Crippen molar-refractivity contribution in [2.75, 3.05) is 0 Å². The molecule has 1 rings (SSSR count). The molecule has 2 N–H and O–H groups in total. The lowest BCUT2D eigenvalue weighted by Crippen LogP contribution is -2.11. The summed E-state index contributed by atoms with van der Waals surface area (Å²) in [7, 11) is 0. The van der Waals surface area contributed by atoms with Crippen LogP contribution >= 0.6 is 0 Å². The number of nitrogens with zero attached hydrogens (tertiary/aromatic N) is 2. The molecule has 70 valence electrons. The van der Waals surface area contributed by atoms with Crippen LogP contribution in [-0.4, -0.2) is 15.0 Å². The molecule has 1 heterocycles. The first-order valence-corrected chi connectivity index (χ1v) is 4.23. The second-order valence-electron chi connectivity index (χ2n) is 3.14. The Morgan fingerprint density at radius 2 is 2.08 bits per heavy atom. The second-order valence-corrected chi connectivity index (χ2v) is 3.14. The van der Waals surface area contributed by atoms with Gasteiger partial charge in [0, 0.05) is 18.4 Å². The first-order valence-electron chi connectivity index (χ1n) is 4.23. The smallest absolute Gasteiger partial charge is 0.0948 e. The molecule has 0 spiro atoms. The van der Waals surface area contributed by atoms with E-state index in [9.17, 15) is 0 Å². The Bertz CT molecular complexity index is 196. The van der Waals surface area contributed by atoms with Gasteiger partial charge < -0.3 is 10.0 Å². The molecule has 2 unspecified atom stereocenters. The van der Waals surface area contributed by atoms with Gasteiger partial charge >= 0.3 is 0 Å². The van der Waals surface area contributed by atoms with Gasteiger partial charge in [0.15, 0.2) is 0 Å². The molecule has 0 aliphatic heterocycles. The molecule has 0 fully saturated rings. The van der Waals surface area contributed by atoms with Crippen LogP contribution in [0, 0.1) is 5.92 Å². The zero-order chi connectivity index (χ0) is 8.27. The average Bonchev–Trinajstić information content (AvgIpc) is 2.53. The van der Waals surface area contributed by atoms with Gasteiger partial charge in [-0.05, 0) is 12.8 Å². The monoisotopic (exact) mass is 170 g/mol. The van der Waals surface area contributed by atoms with E-state index in [1.807, 2.05) is 18.7 Å². The molecule has 3 heteroatoms. The standard InChI is InChI=1S/C9H16N2.H2O/c1-4-8(2)9(3)11-6-5-10-7-11;/h5-9H,4H2,1-3H3;1H2. The van der Waals surface area contributed by atoms with Gasteiger partial charge in [-0.15, -0.1) is 0 Å². The highest BCUT2D eigenvalue weighted by Gasteiger charge is 2.10. The van der Waals surface area contributed by atoms with Gasteiger partial charge in [0.25, 0.3) is 0 Å². The molecular weight excluding hydrogens is 152 g/mol. The van der Waals surface area contributed by atoms with Crippen molar-refractivity contribution in [2.45, 2.75) is 33.2 Å². The van der Waals surface area contributed by atoms with Crippen LogP contribution in [0.1, 0.15) is 33.2 Å². The Morgan fingerprint density at radius 1 is 1.42 bits per heavy atom. The Morgan fingerprint density at radius 3 is 2.50 bits per heavy atom. The van der Waals surface area contributed by atoms with Gasteiger partial charge in [0.05, 0.1) is 6.33 Å². The minimum absolute atomic E-state index is 0. The van der Waals surface area contributed by atoms with E-state index in [4.69, 9.17) is 0 Å². The summed E-state index contributed by atoms with van der Waals surface area (Å²) < 4.78 is 2.16. The predicted molar refractivity (Wildman–Crippen MR) is 50.0 cm³/mol. The summed E-state index contributed by atoms with van der Waals surface area (Å²) in [6.07, 6.45) is 6.96. The number of imidazole rings is 1. The maximum atomic E-state index is 4.02. The van der Waals surface area contributed by atoms with E-state index in [2.05, 4.69) is 30.3 Å². The van der Waals surface area contributed by atoms with Gasteiger partial charge in [-0.1, -0.05) is 20.3 Å². The topological polar surface area (TPSA) is 49.3 Å². The summed E-state index contributed by atoms with van der Waals surface area (Å²) >= 11 is 0. The molecule has 3 nitrogen and oxygen atoms in total. The van der Waals surface area contributed by atoms with Crippen molar-refractivity contribution >= 4 is 0 Å². The highest BCUT2D eigenvalue weighted by atomic mass is 16.0. The Balaban J connectivity index is 0.00000121. The Kier molecular flexibility index (Phi) is 4.59. The number of aromatic nitrogens is 2. The van der Waals surface area contributed by atoms with E-state index < -0.39 is 0 Å². The molecular formula is C9H18N2O. The summed E-state index contributed by atoms with van der Waals surface area (Å²) in [6, 6.07) is 0.572. The minimum Gasteiger partial charge on any atom is -0.412 e. The highest BCUT2D eigenvalue weighted by molar-refractivity contribution is 4.80. The van der Waals surface area contributed by atoms with Crippen molar-refractivity contribution in [3.05, 3.63) is 18.7 Å². The summed E-state index contributed by atoms with van der Waals surface area (Å²) in [4.78, 5) is 4.02. The molecule has 0 bridgehead atoms. The van der Waals surface area contributed by atoms with Crippen molar-refractivity contribution in [2.24, 2.45) is 5.92 Å². The molecule has 1 aromatic rings. The maximum absolute atomic E-state index is 4.02. The van der Waals surface area contributed by atoms with E-state index in [0.29, 0.717) is 6.04 Å². The molecule has 0 aliphatic rings. The zero-order valence-electron chi connectivity index (χ0n) is 7.99. The van der Waals surface area contributed by atoms with Gasteiger partial charge in [-0.3, -0.25) is 0 Å². The van der Waals surface area contributed by atoms with E-state index in [1.165, 1.54) is 6.42 Å². The molecule has 1 aromatic heterocycles. The first-order chi connectivity index (χ1) is 5.25. The van der Waals surface area contributed by atoms with Crippen LogP contribution in [-0.2, 0) is 0 Å². The Hall–Kier alpha value is -0.830. The number of rotatable bonds is 3. The van der Waals surface area contributed by atoms with Crippen LogP contribution in [0.4, 0.5) is 0 Å². The van der Waals surface area contributed by atoms with Crippen molar-refractivity contribution < 1.29 is 5.48 Å². The van der Waals surface area contributed by atoms with E-state index in [0.717, 1.165) is 5.92 Å². The predicted octanol–water partition coefficient (Wildman–Crippen LogP) is 1.67. The fourth-order valence-corrected chi connectivity index (χ4v) is 1.15. The van der Waals surface area contributed by atoms with Crippen LogP contribution in [0.2, 0.25) is 0 Å². The lowest BCUT2D eigenvalue weighted by Gasteiger charge is -2.19. The molecule has 12 heavy (non-hydrogen) atoms. The van der Waals surface area contributed by atoms with Gasteiger partial charge in [0.1, 0.15) is 0 Å². The lowest BCUT2D eigenvalue weighted by atomic mass is 10.0. The normalized spacial score (nSPS) is 14.9. The molecule has 0 aliphatic carbocycles. The molecule has 2 atom stereocenters. The van der Waals surface area contributed by atoms with Crippen molar-refractivity contribution in [3.63, 3.8) is 0 Å². The van der Waals surface area contributed by atoms with Crippen molar-refractivity contribution in [1.29, 1.82) is 0 Å². The Labute approximate surface area is 73.7 Å². The van der Waals surface area contributed by atoms with Crippen molar-refractivity contribution in [3.8, 4) is 0 Å². The van der Waals surface area contributed by atoms with Crippen LogP contribution in [0.5, 0.6) is 0 Å². The van der Waals surface area contributed by atoms with Crippen LogP contribution in [0.3, 0.4) is 0 Å². The van der Waals surface area contributed by atoms with Gasteiger partial charge in [0.2, 0.25) is 0 Å². The third kappa shape index (κ3) is 2.34. The second kappa shape index (κ2) is 4.93. The molecule has 0 saturated carbocycles. The SMILES string of the molecule is CCC(C)C(C)n1ccnc1.O. The number of hydrogen-bond acceptors (Lipinski definition) is 1. The van der Waals surface area contributed by atoms with E-state index in [-0.39, 0.29) is 5.48 Å². The molecule has 0 aromatic carbocycles. The molecule has 0 amide bonds. The molecule has 0 saturated heterocycles. The first kappa shape index (κ1) is 11.2. The summed E-state index contributed by atoms with van der Waals surface area (Å²) in [5.41, 5.74) is 0. The third-order valence-electron chi connectivity index (χ3n) is 2.46. The fourth-order valence-electron chi connectivity index (χ4n) is 1.15. The largest absolute Gasteiger partial charge is 0.412 e. The van der Waals surface area contributed by atoms with Crippen LogP contribution < -0.4 is 0 Å². The number of hydrogen-bond donors (Lipinski definition) is 0. The zero-order valence-corrected chi connectivity index (χ0v) is 7.99. The van der Waals surface area contributed by atoms with E-state index >= 15 is 0 Å². The maximum Gasteiger partial charge on any atom is 0.0948 e. The summed E-state index contributed by atoms with van der Waals surface area (Å²) in [6.45, 7) is 6.72. The van der Waals surface area contributed by atoms with Gasteiger partial charge in [-0.2, -0.15) is 0 Å². The van der Waals surface area contributed by atoms with Crippen molar-refractivity contribution in [1.82, 2.24) is 9.55 Å². The molecule has 0 radical (unpaired) electrons. The van der Waals surface area contributed by atoms with Crippen LogP contribution in [0.25, 0.3) is 0 Å².